The normalized spacial score (nSPS) is 17.2. The molecule has 0 fully saturated rings. The molecule has 1 aliphatic carbocycles. The van der Waals surface area contributed by atoms with Crippen LogP contribution in [0.5, 0.6) is 5.75 Å². The van der Waals surface area contributed by atoms with Crippen molar-refractivity contribution in [3.05, 3.63) is 108 Å². The highest BCUT2D eigenvalue weighted by molar-refractivity contribution is 5.65. The predicted octanol–water partition coefficient (Wildman–Crippen LogP) is 5.56. The molecule has 0 saturated heterocycles. The summed E-state index contributed by atoms with van der Waals surface area (Å²) in [7, 11) is 1.73. The van der Waals surface area contributed by atoms with E-state index in [2.05, 4.69) is 44.8 Å². The monoisotopic (exact) mass is 463 g/mol. The van der Waals surface area contributed by atoms with Gasteiger partial charge in [-0.3, -0.25) is 4.90 Å². The maximum atomic E-state index is 9.66. The third kappa shape index (κ3) is 3.85. The molecule has 0 saturated carbocycles. The molecule has 1 atom stereocenters. The van der Waals surface area contributed by atoms with Crippen LogP contribution in [0.4, 0.5) is 5.95 Å². The summed E-state index contributed by atoms with van der Waals surface area (Å²) in [5.74, 6) is 1.86. The van der Waals surface area contributed by atoms with Gasteiger partial charge in [0.25, 0.3) is 0 Å². The number of hydrogen-bond donors (Lipinski definition) is 1. The molecule has 0 radical (unpaired) electrons. The molecule has 7 nitrogen and oxygen atoms in total. The molecule has 4 heterocycles. The summed E-state index contributed by atoms with van der Waals surface area (Å²) in [4.78, 5) is 15.8. The van der Waals surface area contributed by atoms with Crippen molar-refractivity contribution >= 4 is 11.6 Å². The minimum Gasteiger partial charge on any atom is -0.508 e. The zero-order valence-corrected chi connectivity index (χ0v) is 19.4. The largest absolute Gasteiger partial charge is 0.508 e. The maximum absolute atomic E-state index is 9.66. The van der Waals surface area contributed by atoms with Crippen LogP contribution in [0.25, 0.3) is 16.8 Å². The quantitative estimate of drug-likeness (QED) is 0.427. The first-order valence-electron chi connectivity index (χ1n) is 11.7. The lowest BCUT2D eigenvalue weighted by Gasteiger charge is -2.24. The SMILES string of the molecule is COc1ccccc1C1CCCc2nc3ccc(-c4cnc(N5C=CC=C(O)C=C5)nc4)cn3c21. The first-order chi connectivity index (χ1) is 17.2. The Bertz CT molecular complexity index is 1480. The molecule has 1 N–H and O–H groups in total. The lowest BCUT2D eigenvalue weighted by molar-refractivity contribution is 0.404. The molecule has 6 rings (SSSR count). The van der Waals surface area contributed by atoms with Gasteiger partial charge in [-0.2, -0.15) is 0 Å². The molecule has 0 amide bonds. The Morgan fingerprint density at radius 1 is 1.03 bits per heavy atom. The van der Waals surface area contributed by atoms with Crippen LogP contribution in [-0.2, 0) is 6.42 Å². The summed E-state index contributed by atoms with van der Waals surface area (Å²) < 4.78 is 7.92. The van der Waals surface area contributed by atoms with Crippen molar-refractivity contribution < 1.29 is 9.84 Å². The number of rotatable bonds is 4. The average Bonchev–Trinajstić information content (AvgIpc) is 3.14. The van der Waals surface area contributed by atoms with E-state index >= 15 is 0 Å². The summed E-state index contributed by atoms with van der Waals surface area (Å²) in [5.41, 5.74) is 6.50. The number of aryl methyl sites for hydroxylation is 1. The Labute approximate surface area is 203 Å². The van der Waals surface area contributed by atoms with E-state index in [1.54, 1.807) is 42.6 Å². The molecule has 35 heavy (non-hydrogen) atoms. The number of imidazole rings is 1. The second-order valence-corrected chi connectivity index (χ2v) is 8.70. The molecule has 1 unspecified atom stereocenters. The smallest absolute Gasteiger partial charge is 0.233 e. The predicted molar refractivity (Wildman–Crippen MR) is 135 cm³/mol. The number of fused-ring (bicyclic) bond motifs is 3. The number of aliphatic hydroxyl groups excluding tert-OH is 1. The standard InChI is InChI=1S/C28H25N5O2/c1-35-25-10-3-2-7-22(25)23-8-4-9-24-27(23)33-18-19(11-12-26(33)31-24)20-16-29-28(30-17-20)32-14-5-6-21(34)13-15-32/h2-3,5-7,10-18,23,34H,4,8-9H2,1H3. The van der Waals surface area contributed by atoms with Crippen LogP contribution in [0.2, 0.25) is 0 Å². The third-order valence-corrected chi connectivity index (χ3v) is 6.60. The van der Waals surface area contributed by atoms with Crippen LogP contribution in [0.1, 0.15) is 35.7 Å². The number of anilines is 1. The Balaban J connectivity index is 1.38. The molecule has 7 heteroatoms. The Hall–Kier alpha value is -4.39. The van der Waals surface area contributed by atoms with Gasteiger partial charge in [0.1, 0.15) is 17.2 Å². The van der Waals surface area contributed by atoms with Gasteiger partial charge < -0.3 is 14.2 Å². The van der Waals surface area contributed by atoms with Crippen LogP contribution in [0.3, 0.4) is 0 Å². The van der Waals surface area contributed by atoms with E-state index in [1.807, 2.05) is 24.5 Å². The molecular weight excluding hydrogens is 438 g/mol. The fourth-order valence-electron chi connectivity index (χ4n) is 4.94. The highest BCUT2D eigenvalue weighted by atomic mass is 16.5. The summed E-state index contributed by atoms with van der Waals surface area (Å²) >= 11 is 0. The highest BCUT2D eigenvalue weighted by Gasteiger charge is 2.29. The van der Waals surface area contributed by atoms with Gasteiger partial charge in [0.2, 0.25) is 5.95 Å². The van der Waals surface area contributed by atoms with Crippen molar-refractivity contribution in [2.75, 3.05) is 12.0 Å². The minimum atomic E-state index is 0.184. The maximum Gasteiger partial charge on any atom is 0.233 e. The summed E-state index contributed by atoms with van der Waals surface area (Å²) in [5, 5.41) is 9.66. The Morgan fingerprint density at radius 3 is 2.74 bits per heavy atom. The van der Waals surface area contributed by atoms with Crippen molar-refractivity contribution in [2.45, 2.75) is 25.2 Å². The molecule has 1 aromatic carbocycles. The number of nitrogens with zero attached hydrogens (tertiary/aromatic N) is 5. The number of hydrogen-bond acceptors (Lipinski definition) is 6. The summed E-state index contributed by atoms with van der Waals surface area (Å²) in [6.07, 6.45) is 17.4. The third-order valence-electron chi connectivity index (χ3n) is 6.60. The van der Waals surface area contributed by atoms with Gasteiger partial charge >= 0.3 is 0 Å². The number of benzene rings is 1. The second kappa shape index (κ2) is 8.76. The fraction of sp³-hybridized carbons (Fsp3) is 0.179. The molecular formula is C28H25N5O2. The lowest BCUT2D eigenvalue weighted by atomic mass is 9.84. The van der Waals surface area contributed by atoms with Gasteiger partial charge in [-0.05, 0) is 55.7 Å². The zero-order chi connectivity index (χ0) is 23.8. The topological polar surface area (TPSA) is 75.8 Å². The van der Waals surface area contributed by atoms with Crippen LogP contribution < -0.4 is 9.64 Å². The molecule has 1 aliphatic heterocycles. The van der Waals surface area contributed by atoms with Crippen molar-refractivity contribution in [1.82, 2.24) is 19.4 Å². The van der Waals surface area contributed by atoms with E-state index in [-0.39, 0.29) is 11.7 Å². The number of para-hydroxylation sites is 1. The van der Waals surface area contributed by atoms with E-state index in [1.165, 1.54) is 11.3 Å². The van der Waals surface area contributed by atoms with Crippen molar-refractivity contribution in [3.63, 3.8) is 0 Å². The number of ether oxygens (including phenoxy) is 1. The van der Waals surface area contributed by atoms with E-state index in [0.29, 0.717) is 5.95 Å². The molecule has 4 aromatic rings. The number of allylic oxidation sites excluding steroid dienone is 3. The Kier molecular flexibility index (Phi) is 5.29. The van der Waals surface area contributed by atoms with E-state index in [4.69, 9.17) is 9.72 Å². The minimum absolute atomic E-state index is 0.184. The van der Waals surface area contributed by atoms with Gasteiger partial charge in [-0.25, -0.2) is 15.0 Å². The Morgan fingerprint density at radius 2 is 1.89 bits per heavy atom. The number of pyridine rings is 1. The summed E-state index contributed by atoms with van der Waals surface area (Å²) in [6, 6.07) is 12.4. The zero-order valence-electron chi connectivity index (χ0n) is 19.4. The van der Waals surface area contributed by atoms with Crippen LogP contribution in [-0.4, -0.2) is 31.6 Å². The van der Waals surface area contributed by atoms with Crippen LogP contribution in [0.15, 0.2) is 91.4 Å². The van der Waals surface area contributed by atoms with Gasteiger partial charge in [0.15, 0.2) is 0 Å². The molecule has 0 spiro atoms. The summed E-state index contributed by atoms with van der Waals surface area (Å²) in [6.45, 7) is 0. The highest BCUT2D eigenvalue weighted by Crippen LogP contribution is 2.41. The van der Waals surface area contributed by atoms with Gasteiger partial charge in [0.05, 0.1) is 18.5 Å². The van der Waals surface area contributed by atoms with Crippen LogP contribution >= 0.6 is 0 Å². The molecule has 3 aromatic heterocycles. The number of methoxy groups -OCH3 is 1. The van der Waals surface area contributed by atoms with Crippen molar-refractivity contribution in [2.24, 2.45) is 0 Å². The average molecular weight is 464 g/mol. The molecule has 2 aliphatic rings. The van der Waals surface area contributed by atoms with Crippen LogP contribution in [0, 0.1) is 0 Å². The number of aliphatic hydroxyl groups is 1. The molecule has 0 bridgehead atoms. The first kappa shape index (κ1) is 21.2. The molecule has 174 valence electrons. The van der Waals surface area contributed by atoms with E-state index in [9.17, 15) is 5.11 Å². The lowest BCUT2D eigenvalue weighted by Crippen LogP contribution is -2.13. The van der Waals surface area contributed by atoms with E-state index < -0.39 is 0 Å². The van der Waals surface area contributed by atoms with Crippen molar-refractivity contribution in [1.29, 1.82) is 0 Å². The van der Waals surface area contributed by atoms with E-state index in [0.717, 1.165) is 47.5 Å². The number of aromatic nitrogens is 4. The van der Waals surface area contributed by atoms with Gasteiger partial charge in [-0.1, -0.05) is 18.2 Å². The van der Waals surface area contributed by atoms with Gasteiger partial charge in [0, 0.05) is 53.6 Å². The second-order valence-electron chi connectivity index (χ2n) is 8.70. The first-order valence-corrected chi connectivity index (χ1v) is 11.7. The van der Waals surface area contributed by atoms with Gasteiger partial charge in [-0.15, -0.1) is 0 Å². The van der Waals surface area contributed by atoms with Crippen molar-refractivity contribution in [3.8, 4) is 16.9 Å². The fourth-order valence-corrected chi connectivity index (χ4v) is 4.94.